The van der Waals surface area contributed by atoms with E-state index in [1.54, 1.807) is 18.4 Å². The topological polar surface area (TPSA) is 70.0 Å². The first-order valence-corrected chi connectivity index (χ1v) is 10.9. The van der Waals surface area contributed by atoms with Gasteiger partial charge in [-0.3, -0.25) is 4.79 Å². The SMILES string of the molecule is CCOC(=O)CC1CN(Cc2ccccc2)c2ccc3cc(C(=O)OCC)n(C)c3c2O1. The molecule has 0 saturated heterocycles. The maximum Gasteiger partial charge on any atom is 0.354 e. The summed E-state index contributed by atoms with van der Waals surface area (Å²) in [5, 5.41) is 0.880. The van der Waals surface area contributed by atoms with Gasteiger partial charge in [-0.25, -0.2) is 4.79 Å². The molecule has 4 rings (SSSR count). The molecule has 168 valence electrons. The number of anilines is 1. The van der Waals surface area contributed by atoms with Gasteiger partial charge in [0, 0.05) is 19.0 Å². The summed E-state index contributed by atoms with van der Waals surface area (Å²) in [4.78, 5) is 26.8. The Morgan fingerprint density at radius 1 is 1.06 bits per heavy atom. The highest BCUT2D eigenvalue weighted by atomic mass is 16.5. The summed E-state index contributed by atoms with van der Waals surface area (Å²) in [6.07, 6.45) is -0.207. The molecule has 0 bridgehead atoms. The number of hydrogen-bond donors (Lipinski definition) is 0. The summed E-state index contributed by atoms with van der Waals surface area (Å²) in [6.45, 7) is 5.45. The number of benzene rings is 2. The molecule has 0 radical (unpaired) electrons. The van der Waals surface area contributed by atoms with Crippen LogP contribution in [0.25, 0.3) is 10.9 Å². The number of ether oxygens (including phenoxy) is 3. The molecule has 1 aliphatic heterocycles. The van der Waals surface area contributed by atoms with Gasteiger partial charge in [0.05, 0.1) is 37.4 Å². The fraction of sp³-hybridized carbons (Fsp3) is 0.360. The van der Waals surface area contributed by atoms with Gasteiger partial charge in [0.2, 0.25) is 0 Å². The van der Waals surface area contributed by atoms with E-state index in [1.807, 2.05) is 43.4 Å². The third kappa shape index (κ3) is 4.28. The number of aromatic nitrogens is 1. The Morgan fingerprint density at radius 3 is 2.53 bits per heavy atom. The quantitative estimate of drug-likeness (QED) is 0.520. The average molecular weight is 437 g/mol. The van der Waals surface area contributed by atoms with Gasteiger partial charge >= 0.3 is 11.9 Å². The first kappa shape index (κ1) is 21.7. The average Bonchev–Trinajstić information content (AvgIpc) is 3.12. The predicted molar refractivity (Wildman–Crippen MR) is 122 cm³/mol. The van der Waals surface area contributed by atoms with Crippen molar-refractivity contribution >= 4 is 28.5 Å². The van der Waals surface area contributed by atoms with Crippen LogP contribution in [0.5, 0.6) is 5.75 Å². The number of nitrogens with zero attached hydrogens (tertiary/aromatic N) is 2. The van der Waals surface area contributed by atoms with Gasteiger partial charge in [0.25, 0.3) is 0 Å². The molecule has 3 aromatic rings. The molecule has 7 nitrogen and oxygen atoms in total. The highest BCUT2D eigenvalue weighted by molar-refractivity contribution is 6.00. The van der Waals surface area contributed by atoms with Crippen molar-refractivity contribution in [2.45, 2.75) is 32.9 Å². The molecule has 2 heterocycles. The molecule has 0 fully saturated rings. The zero-order valence-electron chi connectivity index (χ0n) is 18.7. The Balaban J connectivity index is 1.76. The van der Waals surface area contributed by atoms with Gasteiger partial charge in [-0.1, -0.05) is 36.4 Å². The highest BCUT2D eigenvalue weighted by Crippen LogP contribution is 2.42. The van der Waals surface area contributed by atoms with E-state index >= 15 is 0 Å². The lowest BCUT2D eigenvalue weighted by Crippen LogP contribution is -2.41. The van der Waals surface area contributed by atoms with Gasteiger partial charge in [-0.2, -0.15) is 0 Å². The minimum absolute atomic E-state index is 0.157. The van der Waals surface area contributed by atoms with E-state index < -0.39 is 0 Å². The molecule has 2 aromatic carbocycles. The van der Waals surface area contributed by atoms with Gasteiger partial charge in [-0.15, -0.1) is 0 Å². The Hall–Kier alpha value is -3.48. The lowest BCUT2D eigenvalue weighted by molar-refractivity contribution is -0.144. The molecule has 0 N–H and O–H groups in total. The smallest absolute Gasteiger partial charge is 0.354 e. The van der Waals surface area contributed by atoms with Crippen LogP contribution in [0, 0.1) is 0 Å². The van der Waals surface area contributed by atoms with Crippen molar-refractivity contribution in [2.75, 3.05) is 24.7 Å². The number of carbonyl (C=O) groups is 2. The van der Waals surface area contributed by atoms with Gasteiger partial charge in [-0.05, 0) is 31.5 Å². The molecule has 1 unspecified atom stereocenters. The summed E-state index contributed by atoms with van der Waals surface area (Å²) < 4.78 is 18.5. The fourth-order valence-corrected chi connectivity index (χ4v) is 4.18. The molecule has 0 aliphatic carbocycles. The van der Waals surface area contributed by atoms with E-state index in [1.165, 1.54) is 0 Å². The molecule has 7 heteroatoms. The van der Waals surface area contributed by atoms with Crippen LogP contribution < -0.4 is 9.64 Å². The van der Waals surface area contributed by atoms with Crippen LogP contribution in [-0.4, -0.2) is 42.4 Å². The number of fused-ring (bicyclic) bond motifs is 3. The molecule has 0 amide bonds. The molecule has 1 atom stereocenters. The normalized spacial score (nSPS) is 15.2. The highest BCUT2D eigenvalue weighted by Gasteiger charge is 2.31. The van der Waals surface area contributed by atoms with Crippen LogP contribution in [0.1, 0.15) is 36.3 Å². The third-order valence-corrected chi connectivity index (χ3v) is 5.58. The molecule has 0 spiro atoms. The zero-order valence-corrected chi connectivity index (χ0v) is 18.7. The van der Waals surface area contributed by atoms with E-state index in [9.17, 15) is 9.59 Å². The van der Waals surface area contributed by atoms with E-state index in [-0.39, 0.29) is 24.5 Å². The van der Waals surface area contributed by atoms with Gasteiger partial charge < -0.3 is 23.7 Å². The largest absolute Gasteiger partial charge is 0.484 e. The zero-order chi connectivity index (χ0) is 22.7. The van der Waals surface area contributed by atoms with Crippen LogP contribution in [0.15, 0.2) is 48.5 Å². The Labute approximate surface area is 187 Å². The summed E-state index contributed by atoms with van der Waals surface area (Å²) >= 11 is 0. The summed E-state index contributed by atoms with van der Waals surface area (Å²) in [6, 6.07) is 16.0. The van der Waals surface area contributed by atoms with Crippen LogP contribution in [0.2, 0.25) is 0 Å². The van der Waals surface area contributed by atoms with Crippen LogP contribution >= 0.6 is 0 Å². The first-order valence-electron chi connectivity index (χ1n) is 10.9. The van der Waals surface area contributed by atoms with E-state index in [0.29, 0.717) is 37.7 Å². The molecule has 32 heavy (non-hydrogen) atoms. The summed E-state index contributed by atoms with van der Waals surface area (Å²) in [5.41, 5.74) is 3.35. The van der Waals surface area contributed by atoms with Crippen molar-refractivity contribution in [3.8, 4) is 5.75 Å². The number of hydrogen-bond acceptors (Lipinski definition) is 6. The Bertz CT molecular complexity index is 1120. The van der Waals surface area contributed by atoms with E-state index in [4.69, 9.17) is 14.2 Å². The van der Waals surface area contributed by atoms with Crippen molar-refractivity contribution in [3.63, 3.8) is 0 Å². The van der Waals surface area contributed by atoms with Crippen LogP contribution in [0.3, 0.4) is 0 Å². The number of aryl methyl sites for hydroxylation is 1. The van der Waals surface area contributed by atoms with Crippen molar-refractivity contribution in [1.82, 2.24) is 4.57 Å². The van der Waals surface area contributed by atoms with Gasteiger partial charge in [0.1, 0.15) is 11.8 Å². The van der Waals surface area contributed by atoms with E-state index in [2.05, 4.69) is 17.0 Å². The van der Waals surface area contributed by atoms with Crippen LogP contribution in [-0.2, 0) is 27.9 Å². The summed E-state index contributed by atoms with van der Waals surface area (Å²) in [7, 11) is 1.83. The third-order valence-electron chi connectivity index (χ3n) is 5.58. The maximum absolute atomic E-state index is 12.4. The lowest BCUT2D eigenvalue weighted by atomic mass is 10.1. The Kier molecular flexibility index (Phi) is 6.35. The molecular weight excluding hydrogens is 408 g/mol. The van der Waals surface area contributed by atoms with Crippen molar-refractivity contribution in [1.29, 1.82) is 0 Å². The number of carbonyl (C=O) groups excluding carboxylic acids is 2. The predicted octanol–water partition coefficient (Wildman–Crippen LogP) is 4.08. The van der Waals surface area contributed by atoms with Crippen molar-refractivity contribution in [2.24, 2.45) is 7.05 Å². The number of esters is 2. The van der Waals surface area contributed by atoms with Gasteiger partial charge in [0.15, 0.2) is 5.75 Å². The molecule has 1 aliphatic rings. The number of rotatable bonds is 7. The second-order valence-electron chi connectivity index (χ2n) is 7.78. The standard InChI is InChI=1S/C25H28N2O5/c1-4-30-22(28)14-19-16-27(15-17-9-7-6-8-10-17)20-12-11-18-13-21(25(29)31-5-2)26(3)23(18)24(20)32-19/h6-13,19H,4-5,14-16H2,1-3H3. The van der Waals surface area contributed by atoms with Crippen LogP contribution in [0.4, 0.5) is 5.69 Å². The van der Waals surface area contributed by atoms with Crippen molar-refractivity contribution in [3.05, 3.63) is 59.8 Å². The van der Waals surface area contributed by atoms with E-state index in [0.717, 1.165) is 22.2 Å². The molecular formula is C25H28N2O5. The minimum Gasteiger partial charge on any atom is -0.484 e. The van der Waals surface area contributed by atoms with Crippen molar-refractivity contribution < 1.29 is 23.8 Å². The second-order valence-corrected chi connectivity index (χ2v) is 7.78. The monoisotopic (exact) mass is 436 g/mol. The minimum atomic E-state index is -0.375. The Morgan fingerprint density at radius 2 is 1.81 bits per heavy atom. The molecule has 1 aromatic heterocycles. The second kappa shape index (κ2) is 9.34. The molecule has 0 saturated carbocycles. The first-order chi connectivity index (χ1) is 15.5. The summed E-state index contributed by atoms with van der Waals surface area (Å²) in [5.74, 6) is 0.00359. The maximum atomic E-state index is 12.4. The lowest BCUT2D eigenvalue weighted by Gasteiger charge is -2.36. The fourth-order valence-electron chi connectivity index (χ4n) is 4.18.